The highest BCUT2D eigenvalue weighted by atomic mass is 35.5. The molecule has 7 heteroatoms. The van der Waals surface area contributed by atoms with E-state index >= 15 is 0 Å². The number of ether oxygens (including phenoxy) is 1. The molecule has 6 nitrogen and oxygen atoms in total. The van der Waals surface area contributed by atoms with Gasteiger partial charge >= 0.3 is 0 Å². The lowest BCUT2D eigenvalue weighted by molar-refractivity contribution is 0.409. The van der Waals surface area contributed by atoms with Gasteiger partial charge in [-0.25, -0.2) is 9.97 Å². The summed E-state index contributed by atoms with van der Waals surface area (Å²) in [6.45, 7) is 7.05. The van der Waals surface area contributed by atoms with E-state index in [0.29, 0.717) is 34.5 Å². The van der Waals surface area contributed by atoms with E-state index in [2.05, 4.69) is 26.8 Å². The van der Waals surface area contributed by atoms with Crippen molar-refractivity contribution in [2.75, 3.05) is 18.6 Å². The number of oxazole rings is 1. The minimum atomic E-state index is 0.506. The molecule has 24 heavy (non-hydrogen) atoms. The van der Waals surface area contributed by atoms with Crippen LogP contribution in [0, 0.1) is 13.8 Å². The van der Waals surface area contributed by atoms with Gasteiger partial charge < -0.3 is 14.1 Å². The maximum atomic E-state index is 6.14. The predicted molar refractivity (Wildman–Crippen MR) is 93.8 cm³/mol. The van der Waals surface area contributed by atoms with Crippen LogP contribution in [-0.2, 0) is 6.54 Å². The molecule has 0 radical (unpaired) electrons. The number of hydrogen-bond donors (Lipinski definition) is 0. The fourth-order valence-corrected chi connectivity index (χ4v) is 2.84. The number of nitrogens with zero attached hydrogens (tertiary/aromatic N) is 4. The fraction of sp³-hybridized carbons (Fsp3) is 0.353. The zero-order valence-corrected chi connectivity index (χ0v) is 14.9. The number of hydrogen-bond acceptors (Lipinski definition) is 6. The van der Waals surface area contributed by atoms with Crippen molar-refractivity contribution in [2.24, 2.45) is 0 Å². The van der Waals surface area contributed by atoms with Crippen molar-refractivity contribution >= 4 is 28.6 Å². The summed E-state index contributed by atoms with van der Waals surface area (Å²) in [6.07, 6.45) is 0. The summed E-state index contributed by atoms with van der Waals surface area (Å²) in [5, 5.41) is 0.670. The van der Waals surface area contributed by atoms with Crippen LogP contribution in [0.2, 0.25) is 5.02 Å². The lowest BCUT2D eigenvalue weighted by atomic mass is 10.2. The molecule has 1 aromatic carbocycles. The molecule has 0 N–H and O–H groups in total. The van der Waals surface area contributed by atoms with Crippen molar-refractivity contribution in [2.45, 2.75) is 27.3 Å². The quantitative estimate of drug-likeness (QED) is 0.697. The van der Waals surface area contributed by atoms with Crippen LogP contribution in [-0.4, -0.2) is 28.6 Å². The molecule has 126 valence electrons. The van der Waals surface area contributed by atoms with Crippen LogP contribution in [0.15, 0.2) is 22.6 Å². The second kappa shape index (κ2) is 6.65. The van der Waals surface area contributed by atoms with Crippen LogP contribution in [0.5, 0.6) is 5.75 Å². The lowest BCUT2D eigenvalue weighted by Crippen LogP contribution is -2.24. The predicted octanol–water partition coefficient (Wildman–Crippen LogP) is 3.92. The normalized spacial score (nSPS) is 11.0. The number of fused-ring (bicyclic) bond motifs is 1. The first-order valence-electron chi connectivity index (χ1n) is 7.71. The summed E-state index contributed by atoms with van der Waals surface area (Å²) in [5.41, 5.74) is 2.16. The van der Waals surface area contributed by atoms with E-state index in [4.69, 9.17) is 20.8 Å². The summed E-state index contributed by atoms with van der Waals surface area (Å²) in [5.74, 6) is 2.75. The molecular weight excluding hydrogens is 328 g/mol. The maximum Gasteiger partial charge on any atom is 0.252 e. The van der Waals surface area contributed by atoms with Gasteiger partial charge in [0.2, 0.25) is 0 Å². The highest BCUT2D eigenvalue weighted by Gasteiger charge is 2.18. The Labute approximate surface area is 145 Å². The Balaban J connectivity index is 2.05. The molecule has 0 spiro atoms. The number of aryl methyl sites for hydroxylation is 2. The molecular formula is C17H19ClN4O2. The van der Waals surface area contributed by atoms with Gasteiger partial charge in [-0.15, -0.1) is 0 Å². The third-order valence-corrected chi connectivity index (χ3v) is 3.98. The lowest BCUT2D eigenvalue weighted by Gasteiger charge is -2.23. The second-order valence-corrected chi connectivity index (χ2v) is 5.89. The number of methoxy groups -OCH3 is 1. The van der Waals surface area contributed by atoms with Gasteiger partial charge in [0.1, 0.15) is 11.6 Å². The average molecular weight is 347 g/mol. The van der Waals surface area contributed by atoms with E-state index in [1.165, 1.54) is 0 Å². The van der Waals surface area contributed by atoms with Gasteiger partial charge in [-0.2, -0.15) is 4.98 Å². The molecule has 2 heterocycles. The fourth-order valence-electron chi connectivity index (χ4n) is 2.65. The van der Waals surface area contributed by atoms with Crippen molar-refractivity contribution < 1.29 is 9.15 Å². The summed E-state index contributed by atoms with van der Waals surface area (Å²) in [4.78, 5) is 15.4. The minimum Gasteiger partial charge on any atom is -0.496 e. The summed E-state index contributed by atoms with van der Waals surface area (Å²) in [7, 11) is 1.65. The molecule has 3 aromatic rings. The van der Waals surface area contributed by atoms with Crippen LogP contribution in [0.25, 0.3) is 11.2 Å². The number of aromatic nitrogens is 3. The summed E-state index contributed by atoms with van der Waals surface area (Å²) < 4.78 is 11.0. The van der Waals surface area contributed by atoms with Gasteiger partial charge in [0.15, 0.2) is 17.2 Å². The molecule has 0 saturated heterocycles. The Kier molecular flexibility index (Phi) is 4.57. The molecule has 0 unspecified atom stereocenters. The maximum absolute atomic E-state index is 6.14. The van der Waals surface area contributed by atoms with Crippen molar-refractivity contribution in [3.63, 3.8) is 0 Å². The standard InChI is InChI=1S/C17H19ClN4O2/c1-5-22(9-12-8-13(18)6-7-14(12)23-4)16-15-17(20-10(2)19-16)24-11(3)21-15/h6-8H,5,9H2,1-4H3. The molecule has 2 aromatic heterocycles. The first kappa shape index (κ1) is 16.5. The third-order valence-electron chi connectivity index (χ3n) is 3.74. The molecule has 0 aliphatic rings. The van der Waals surface area contributed by atoms with Crippen LogP contribution < -0.4 is 9.64 Å². The Bertz CT molecular complexity index is 878. The van der Waals surface area contributed by atoms with E-state index < -0.39 is 0 Å². The first-order valence-corrected chi connectivity index (χ1v) is 8.08. The number of rotatable bonds is 5. The Morgan fingerprint density at radius 1 is 1.21 bits per heavy atom. The third kappa shape index (κ3) is 3.14. The monoisotopic (exact) mass is 346 g/mol. The van der Waals surface area contributed by atoms with Crippen LogP contribution in [0.3, 0.4) is 0 Å². The van der Waals surface area contributed by atoms with Gasteiger partial charge in [-0.05, 0) is 32.0 Å². The molecule has 0 fully saturated rings. The van der Waals surface area contributed by atoms with Crippen LogP contribution in [0.1, 0.15) is 24.2 Å². The van der Waals surface area contributed by atoms with Crippen LogP contribution >= 0.6 is 11.6 Å². The first-order chi connectivity index (χ1) is 11.5. The molecule has 0 saturated carbocycles. The second-order valence-electron chi connectivity index (χ2n) is 5.45. The van der Waals surface area contributed by atoms with Crippen molar-refractivity contribution in [3.8, 4) is 5.75 Å². The summed E-state index contributed by atoms with van der Waals surface area (Å²) >= 11 is 6.14. The zero-order chi connectivity index (χ0) is 17.3. The largest absolute Gasteiger partial charge is 0.496 e. The van der Waals surface area contributed by atoms with E-state index in [1.807, 2.05) is 25.1 Å². The zero-order valence-electron chi connectivity index (χ0n) is 14.1. The minimum absolute atomic E-state index is 0.506. The Morgan fingerprint density at radius 2 is 2.00 bits per heavy atom. The number of anilines is 1. The molecule has 0 bridgehead atoms. The van der Waals surface area contributed by atoms with E-state index in [1.54, 1.807) is 14.0 Å². The number of benzene rings is 1. The van der Waals surface area contributed by atoms with Crippen LogP contribution in [0.4, 0.5) is 5.82 Å². The SMILES string of the molecule is CCN(Cc1cc(Cl)ccc1OC)c1nc(C)nc2oc(C)nc12. The van der Waals surface area contributed by atoms with Gasteiger partial charge in [0.25, 0.3) is 5.71 Å². The molecule has 0 amide bonds. The topological polar surface area (TPSA) is 64.3 Å². The van der Waals surface area contributed by atoms with Crippen molar-refractivity contribution in [1.29, 1.82) is 0 Å². The number of halogens is 1. The Hall–Kier alpha value is -2.34. The van der Waals surface area contributed by atoms with E-state index in [9.17, 15) is 0 Å². The van der Waals surface area contributed by atoms with E-state index in [-0.39, 0.29) is 0 Å². The van der Waals surface area contributed by atoms with Crippen molar-refractivity contribution in [3.05, 3.63) is 40.5 Å². The molecule has 0 atom stereocenters. The molecule has 3 rings (SSSR count). The Morgan fingerprint density at radius 3 is 2.71 bits per heavy atom. The van der Waals surface area contributed by atoms with Gasteiger partial charge in [-0.3, -0.25) is 0 Å². The van der Waals surface area contributed by atoms with E-state index in [0.717, 1.165) is 23.7 Å². The average Bonchev–Trinajstić information content (AvgIpc) is 2.92. The van der Waals surface area contributed by atoms with Gasteiger partial charge in [-0.1, -0.05) is 11.6 Å². The molecule has 0 aliphatic carbocycles. The smallest absolute Gasteiger partial charge is 0.252 e. The van der Waals surface area contributed by atoms with Gasteiger partial charge in [0.05, 0.1) is 7.11 Å². The van der Waals surface area contributed by atoms with Gasteiger partial charge in [0, 0.05) is 30.6 Å². The highest BCUT2D eigenvalue weighted by molar-refractivity contribution is 6.30. The highest BCUT2D eigenvalue weighted by Crippen LogP contribution is 2.29. The van der Waals surface area contributed by atoms with Crippen molar-refractivity contribution in [1.82, 2.24) is 15.0 Å². The summed E-state index contributed by atoms with van der Waals surface area (Å²) in [6, 6.07) is 5.59. The molecule has 0 aliphatic heterocycles.